The number of carbonyl (C=O) groups excluding carboxylic acids is 2. The molecule has 2 aromatic carbocycles. The van der Waals surface area contributed by atoms with E-state index in [1.807, 2.05) is 56.4 Å². The minimum absolute atomic E-state index is 0.103. The van der Waals surface area contributed by atoms with Gasteiger partial charge in [-0.1, -0.05) is 35.9 Å². The predicted octanol–water partition coefficient (Wildman–Crippen LogP) is 4.76. The molecule has 0 saturated heterocycles. The molecule has 1 atom stereocenters. The van der Waals surface area contributed by atoms with Crippen LogP contribution >= 0.6 is 11.6 Å². The van der Waals surface area contributed by atoms with Gasteiger partial charge in [0.25, 0.3) is 5.91 Å². The quantitative estimate of drug-likeness (QED) is 0.559. The van der Waals surface area contributed by atoms with Gasteiger partial charge >= 0.3 is 0 Å². The Morgan fingerprint density at radius 2 is 1.88 bits per heavy atom. The van der Waals surface area contributed by atoms with E-state index in [0.717, 1.165) is 11.3 Å². The molecule has 7 heteroatoms. The van der Waals surface area contributed by atoms with Gasteiger partial charge in [0.05, 0.1) is 6.04 Å². The molecule has 3 aromatic rings. The average molecular weight is 454 g/mol. The standard InChI is InChI=1S/C25H25ClFN3O2/c1-17(2)30(25(32)18-7-5-8-19(27)15-18)16-23(31)29-14-13-28-12-6-11-22(28)24(29)20-9-3-4-10-21(20)26/h3-12,15,17,24H,13-14,16H2,1-2H3. The SMILES string of the molecule is CC(C)N(CC(=O)N1CCn2cccc2C1c1ccccc1Cl)C(=O)c1cccc(F)c1. The van der Waals surface area contributed by atoms with Crippen LogP contribution in [0.15, 0.2) is 66.9 Å². The van der Waals surface area contributed by atoms with Crippen LogP contribution in [0.3, 0.4) is 0 Å². The van der Waals surface area contributed by atoms with Crippen molar-refractivity contribution in [1.82, 2.24) is 14.4 Å². The molecule has 0 bridgehead atoms. The van der Waals surface area contributed by atoms with Gasteiger partial charge in [-0.3, -0.25) is 9.59 Å². The van der Waals surface area contributed by atoms with Gasteiger partial charge in [-0.25, -0.2) is 4.39 Å². The summed E-state index contributed by atoms with van der Waals surface area (Å²) in [5.41, 5.74) is 2.04. The number of halogens is 2. The number of carbonyl (C=O) groups is 2. The third-order valence-corrected chi connectivity index (χ3v) is 6.16. The van der Waals surface area contributed by atoms with Crippen molar-refractivity contribution >= 4 is 23.4 Å². The summed E-state index contributed by atoms with van der Waals surface area (Å²) < 4.78 is 15.8. The molecule has 1 aliphatic heterocycles. The van der Waals surface area contributed by atoms with Crippen molar-refractivity contribution in [3.05, 3.63) is 94.5 Å². The number of nitrogens with zero attached hydrogens (tertiary/aromatic N) is 3. The van der Waals surface area contributed by atoms with Crippen LogP contribution in [0.5, 0.6) is 0 Å². The number of fused-ring (bicyclic) bond motifs is 1. The van der Waals surface area contributed by atoms with Crippen LogP contribution in [0, 0.1) is 5.82 Å². The summed E-state index contributed by atoms with van der Waals surface area (Å²) in [6, 6.07) is 16.4. The van der Waals surface area contributed by atoms with Crippen molar-refractivity contribution in [3.63, 3.8) is 0 Å². The summed E-state index contributed by atoms with van der Waals surface area (Å²) >= 11 is 6.52. The van der Waals surface area contributed by atoms with Gasteiger partial charge in [-0.15, -0.1) is 0 Å². The highest BCUT2D eigenvalue weighted by Gasteiger charge is 2.35. The Hall–Kier alpha value is -3.12. The van der Waals surface area contributed by atoms with E-state index in [9.17, 15) is 14.0 Å². The maximum Gasteiger partial charge on any atom is 0.254 e. The fraction of sp³-hybridized carbons (Fsp3) is 0.280. The van der Waals surface area contributed by atoms with E-state index in [4.69, 9.17) is 11.6 Å². The van der Waals surface area contributed by atoms with Crippen LogP contribution in [0.2, 0.25) is 5.02 Å². The zero-order valence-electron chi connectivity index (χ0n) is 18.0. The largest absolute Gasteiger partial charge is 0.348 e. The summed E-state index contributed by atoms with van der Waals surface area (Å²) in [6.07, 6.45) is 1.99. The highest BCUT2D eigenvalue weighted by atomic mass is 35.5. The van der Waals surface area contributed by atoms with Crippen molar-refractivity contribution < 1.29 is 14.0 Å². The average Bonchev–Trinajstić information content (AvgIpc) is 3.25. The zero-order valence-corrected chi connectivity index (χ0v) is 18.8. The fourth-order valence-electron chi connectivity index (χ4n) is 4.19. The second-order valence-corrected chi connectivity index (χ2v) is 8.58. The van der Waals surface area contributed by atoms with E-state index >= 15 is 0 Å². The molecular weight excluding hydrogens is 429 g/mol. The van der Waals surface area contributed by atoms with Gasteiger partial charge < -0.3 is 14.4 Å². The number of hydrogen-bond acceptors (Lipinski definition) is 2. The summed E-state index contributed by atoms with van der Waals surface area (Å²) in [5.74, 6) is -1.04. The fourth-order valence-corrected chi connectivity index (χ4v) is 4.43. The maximum atomic E-state index is 13.7. The Balaban J connectivity index is 1.64. The number of rotatable bonds is 5. The number of hydrogen-bond donors (Lipinski definition) is 0. The monoisotopic (exact) mass is 453 g/mol. The van der Waals surface area contributed by atoms with Gasteiger partial charge in [-0.2, -0.15) is 0 Å². The van der Waals surface area contributed by atoms with E-state index in [1.54, 1.807) is 11.0 Å². The topological polar surface area (TPSA) is 45.6 Å². The maximum absolute atomic E-state index is 13.7. The van der Waals surface area contributed by atoms with Crippen LogP contribution in [0.4, 0.5) is 4.39 Å². The van der Waals surface area contributed by atoms with Crippen molar-refractivity contribution in [1.29, 1.82) is 0 Å². The van der Waals surface area contributed by atoms with E-state index in [1.165, 1.54) is 23.1 Å². The normalized spacial score (nSPS) is 15.5. The number of amides is 2. The van der Waals surface area contributed by atoms with Crippen LogP contribution in [-0.4, -0.2) is 45.3 Å². The number of aromatic nitrogens is 1. The molecule has 2 amide bonds. The Bertz CT molecular complexity index is 1140. The highest BCUT2D eigenvalue weighted by Crippen LogP contribution is 2.36. The Kier molecular flexibility index (Phi) is 6.33. The zero-order chi connectivity index (χ0) is 22.8. The van der Waals surface area contributed by atoms with Crippen LogP contribution < -0.4 is 0 Å². The van der Waals surface area contributed by atoms with Gasteiger partial charge in [-0.05, 0) is 55.8 Å². The van der Waals surface area contributed by atoms with Gasteiger partial charge in [0, 0.05) is 41.6 Å². The van der Waals surface area contributed by atoms with E-state index in [0.29, 0.717) is 18.1 Å². The lowest BCUT2D eigenvalue weighted by atomic mass is 9.99. The van der Waals surface area contributed by atoms with Crippen molar-refractivity contribution in [2.75, 3.05) is 13.1 Å². The third kappa shape index (κ3) is 4.28. The first-order valence-corrected chi connectivity index (χ1v) is 11.0. The smallest absolute Gasteiger partial charge is 0.254 e. The lowest BCUT2D eigenvalue weighted by molar-refractivity contribution is -0.135. The summed E-state index contributed by atoms with van der Waals surface area (Å²) in [7, 11) is 0. The van der Waals surface area contributed by atoms with Crippen LogP contribution in [0.1, 0.15) is 41.5 Å². The van der Waals surface area contributed by atoms with Gasteiger partial charge in [0.15, 0.2) is 0 Å². The first kappa shape index (κ1) is 22.1. The van der Waals surface area contributed by atoms with E-state index in [-0.39, 0.29) is 36.0 Å². The van der Waals surface area contributed by atoms with E-state index < -0.39 is 5.82 Å². The molecular formula is C25H25ClFN3O2. The van der Waals surface area contributed by atoms with Crippen LogP contribution in [0.25, 0.3) is 0 Å². The summed E-state index contributed by atoms with van der Waals surface area (Å²) in [4.78, 5) is 29.9. The first-order valence-electron chi connectivity index (χ1n) is 10.6. The van der Waals surface area contributed by atoms with Crippen molar-refractivity contribution in [2.45, 2.75) is 32.5 Å². The predicted molar refractivity (Wildman–Crippen MR) is 122 cm³/mol. The molecule has 0 N–H and O–H groups in total. The lowest BCUT2D eigenvalue weighted by Gasteiger charge is -2.39. The van der Waals surface area contributed by atoms with Crippen molar-refractivity contribution in [3.8, 4) is 0 Å². The second-order valence-electron chi connectivity index (χ2n) is 8.17. The summed E-state index contributed by atoms with van der Waals surface area (Å²) in [6.45, 7) is 4.74. The Morgan fingerprint density at radius 1 is 1.09 bits per heavy atom. The Morgan fingerprint density at radius 3 is 2.59 bits per heavy atom. The molecule has 2 heterocycles. The minimum Gasteiger partial charge on any atom is -0.348 e. The molecule has 0 fully saturated rings. The molecule has 4 rings (SSSR count). The first-order chi connectivity index (χ1) is 15.4. The molecule has 1 aliphatic rings. The third-order valence-electron chi connectivity index (χ3n) is 5.82. The van der Waals surface area contributed by atoms with E-state index in [2.05, 4.69) is 4.57 Å². The molecule has 0 spiro atoms. The molecule has 0 saturated carbocycles. The molecule has 0 aliphatic carbocycles. The highest BCUT2D eigenvalue weighted by molar-refractivity contribution is 6.31. The molecule has 32 heavy (non-hydrogen) atoms. The molecule has 1 unspecified atom stereocenters. The molecule has 5 nitrogen and oxygen atoms in total. The second kappa shape index (κ2) is 9.17. The molecule has 1 aromatic heterocycles. The number of benzene rings is 2. The minimum atomic E-state index is -0.485. The molecule has 166 valence electrons. The lowest BCUT2D eigenvalue weighted by Crippen LogP contribution is -2.49. The van der Waals surface area contributed by atoms with Gasteiger partial charge in [0.1, 0.15) is 12.4 Å². The Labute approximate surface area is 192 Å². The van der Waals surface area contributed by atoms with Crippen molar-refractivity contribution in [2.24, 2.45) is 0 Å². The molecule has 0 radical (unpaired) electrons. The van der Waals surface area contributed by atoms with Crippen LogP contribution in [-0.2, 0) is 11.3 Å². The summed E-state index contributed by atoms with van der Waals surface area (Å²) in [5, 5.41) is 0.585. The van der Waals surface area contributed by atoms with Gasteiger partial charge in [0.2, 0.25) is 5.91 Å².